The lowest BCUT2D eigenvalue weighted by molar-refractivity contribution is -0.125. The number of hydrogen-bond acceptors (Lipinski definition) is 4. The first-order valence-corrected chi connectivity index (χ1v) is 7.10. The number of para-hydroxylation sites is 1. The molecule has 2 rings (SSSR count). The highest BCUT2D eigenvalue weighted by molar-refractivity contribution is 5.85. The zero-order chi connectivity index (χ0) is 14.2. The molecule has 0 spiro atoms. The summed E-state index contributed by atoms with van der Waals surface area (Å²) >= 11 is 0. The molecule has 1 aliphatic heterocycles. The van der Waals surface area contributed by atoms with Gasteiger partial charge in [-0.05, 0) is 25.0 Å². The molecule has 1 heterocycles. The first-order chi connectivity index (χ1) is 9.81. The number of ether oxygens (including phenoxy) is 2. The van der Waals surface area contributed by atoms with Crippen LogP contribution in [-0.2, 0) is 16.0 Å². The van der Waals surface area contributed by atoms with Crippen LogP contribution in [0.4, 0.5) is 0 Å². The van der Waals surface area contributed by atoms with Crippen LogP contribution in [0.25, 0.3) is 0 Å². The van der Waals surface area contributed by atoms with Crippen LogP contribution in [0.5, 0.6) is 5.75 Å². The van der Waals surface area contributed by atoms with Gasteiger partial charge >= 0.3 is 0 Å². The molecule has 21 heavy (non-hydrogen) atoms. The van der Waals surface area contributed by atoms with Crippen molar-refractivity contribution in [2.24, 2.45) is 0 Å². The largest absolute Gasteiger partial charge is 0.494 e. The van der Waals surface area contributed by atoms with Crippen LogP contribution < -0.4 is 15.4 Å². The van der Waals surface area contributed by atoms with E-state index in [4.69, 9.17) is 9.47 Å². The number of morpholine rings is 1. The number of amides is 1. The number of nitrogens with one attached hydrogen (secondary N) is 2. The number of carbonyl (C=O) groups excluding carboxylic acids is 1. The van der Waals surface area contributed by atoms with Crippen LogP contribution in [-0.4, -0.2) is 44.9 Å². The van der Waals surface area contributed by atoms with Gasteiger partial charge in [0.05, 0.1) is 19.8 Å². The highest BCUT2D eigenvalue weighted by Gasteiger charge is 2.20. The van der Waals surface area contributed by atoms with Crippen LogP contribution in [0.1, 0.15) is 12.5 Å². The van der Waals surface area contributed by atoms with Crippen LogP contribution in [0.3, 0.4) is 0 Å². The van der Waals surface area contributed by atoms with Gasteiger partial charge in [-0.15, -0.1) is 12.4 Å². The van der Waals surface area contributed by atoms with Crippen molar-refractivity contribution in [3.05, 3.63) is 29.8 Å². The maximum absolute atomic E-state index is 11.9. The van der Waals surface area contributed by atoms with Crippen molar-refractivity contribution in [1.29, 1.82) is 0 Å². The molecule has 2 N–H and O–H groups in total. The summed E-state index contributed by atoms with van der Waals surface area (Å²) in [6.45, 7) is 5.05. The van der Waals surface area contributed by atoms with Gasteiger partial charge in [0.25, 0.3) is 0 Å². The smallest absolute Gasteiger partial charge is 0.239 e. The zero-order valence-corrected chi connectivity index (χ0v) is 13.1. The van der Waals surface area contributed by atoms with E-state index in [0.717, 1.165) is 24.3 Å². The molecular weight excluding hydrogens is 292 g/mol. The maximum atomic E-state index is 11.9. The molecule has 1 atom stereocenters. The molecular formula is C15H23ClN2O3. The molecule has 0 aromatic heterocycles. The third-order valence-electron chi connectivity index (χ3n) is 3.20. The molecule has 1 amide bonds. The molecule has 0 bridgehead atoms. The normalized spacial score (nSPS) is 17.7. The minimum Gasteiger partial charge on any atom is -0.494 e. The van der Waals surface area contributed by atoms with Gasteiger partial charge in [-0.1, -0.05) is 18.2 Å². The highest BCUT2D eigenvalue weighted by atomic mass is 35.5. The summed E-state index contributed by atoms with van der Waals surface area (Å²) in [5.74, 6) is 0.891. The third-order valence-corrected chi connectivity index (χ3v) is 3.20. The van der Waals surface area contributed by atoms with E-state index >= 15 is 0 Å². The summed E-state index contributed by atoms with van der Waals surface area (Å²) in [4.78, 5) is 11.9. The molecule has 5 nitrogen and oxygen atoms in total. The van der Waals surface area contributed by atoms with Gasteiger partial charge in [0.15, 0.2) is 0 Å². The second-order valence-corrected chi connectivity index (χ2v) is 4.66. The van der Waals surface area contributed by atoms with E-state index in [2.05, 4.69) is 10.6 Å². The standard InChI is InChI=1S/C15H22N2O3.ClH/c1-2-20-14-6-4-3-5-12(14)7-8-17-15(18)13-11-19-10-9-16-13;/h3-6,13,16H,2,7-11H2,1H3,(H,17,18);1H. The molecule has 1 fully saturated rings. The van der Waals surface area contributed by atoms with Gasteiger partial charge in [0.2, 0.25) is 5.91 Å². The van der Waals surface area contributed by atoms with Crippen molar-refractivity contribution in [2.45, 2.75) is 19.4 Å². The minimum atomic E-state index is -0.231. The Hall–Kier alpha value is -1.30. The van der Waals surface area contributed by atoms with Crippen LogP contribution >= 0.6 is 12.4 Å². The fourth-order valence-corrected chi connectivity index (χ4v) is 2.18. The second kappa shape index (κ2) is 9.60. The maximum Gasteiger partial charge on any atom is 0.239 e. The topological polar surface area (TPSA) is 59.6 Å². The molecule has 1 aromatic carbocycles. The average Bonchev–Trinajstić information content (AvgIpc) is 2.50. The van der Waals surface area contributed by atoms with Gasteiger partial charge in [0.1, 0.15) is 11.8 Å². The van der Waals surface area contributed by atoms with Crippen molar-refractivity contribution in [2.75, 3.05) is 32.9 Å². The quantitative estimate of drug-likeness (QED) is 0.827. The fraction of sp³-hybridized carbons (Fsp3) is 0.533. The van der Waals surface area contributed by atoms with Crippen LogP contribution in [0.15, 0.2) is 24.3 Å². The molecule has 0 saturated carbocycles. The van der Waals surface area contributed by atoms with Crippen molar-refractivity contribution in [3.8, 4) is 5.75 Å². The Morgan fingerprint density at radius 3 is 3.00 bits per heavy atom. The van der Waals surface area contributed by atoms with Crippen molar-refractivity contribution in [3.63, 3.8) is 0 Å². The van der Waals surface area contributed by atoms with Gasteiger partial charge in [-0.25, -0.2) is 0 Å². The summed E-state index contributed by atoms with van der Waals surface area (Å²) in [6, 6.07) is 7.69. The van der Waals surface area contributed by atoms with E-state index < -0.39 is 0 Å². The number of benzene rings is 1. The monoisotopic (exact) mass is 314 g/mol. The summed E-state index contributed by atoms with van der Waals surface area (Å²) in [6.07, 6.45) is 0.759. The number of hydrogen-bond donors (Lipinski definition) is 2. The summed E-state index contributed by atoms with van der Waals surface area (Å²) in [7, 11) is 0. The Morgan fingerprint density at radius 1 is 1.48 bits per heavy atom. The Labute approximate surface area is 131 Å². The predicted molar refractivity (Wildman–Crippen MR) is 84.2 cm³/mol. The van der Waals surface area contributed by atoms with E-state index in [0.29, 0.717) is 26.4 Å². The third kappa shape index (κ3) is 5.53. The number of rotatable bonds is 6. The van der Waals surface area contributed by atoms with Gasteiger partial charge in [0, 0.05) is 13.1 Å². The molecule has 1 aliphatic rings. The molecule has 1 saturated heterocycles. The first kappa shape index (κ1) is 17.8. The highest BCUT2D eigenvalue weighted by Crippen LogP contribution is 2.17. The zero-order valence-electron chi connectivity index (χ0n) is 12.3. The van der Waals surface area contributed by atoms with Crippen molar-refractivity contribution in [1.82, 2.24) is 10.6 Å². The summed E-state index contributed by atoms with van der Waals surface area (Å²) < 4.78 is 10.8. The Morgan fingerprint density at radius 2 is 2.29 bits per heavy atom. The van der Waals surface area contributed by atoms with E-state index in [1.165, 1.54) is 0 Å². The molecule has 1 unspecified atom stereocenters. The van der Waals surface area contributed by atoms with Crippen LogP contribution in [0.2, 0.25) is 0 Å². The number of carbonyl (C=O) groups is 1. The number of halogens is 1. The molecule has 0 aliphatic carbocycles. The lowest BCUT2D eigenvalue weighted by atomic mass is 10.1. The molecule has 1 aromatic rings. The van der Waals surface area contributed by atoms with Crippen molar-refractivity contribution >= 4 is 18.3 Å². The minimum absolute atomic E-state index is 0. The van der Waals surface area contributed by atoms with E-state index in [1.54, 1.807) is 0 Å². The van der Waals surface area contributed by atoms with E-state index in [1.807, 2.05) is 31.2 Å². The Kier molecular flexibility index (Phi) is 8.12. The lowest BCUT2D eigenvalue weighted by Gasteiger charge is -2.22. The van der Waals surface area contributed by atoms with Gasteiger partial charge < -0.3 is 20.1 Å². The summed E-state index contributed by atoms with van der Waals surface area (Å²) in [5.41, 5.74) is 1.11. The van der Waals surface area contributed by atoms with Gasteiger partial charge in [-0.3, -0.25) is 4.79 Å². The lowest BCUT2D eigenvalue weighted by Crippen LogP contribution is -2.51. The Bertz CT molecular complexity index is 437. The second-order valence-electron chi connectivity index (χ2n) is 4.66. The van der Waals surface area contributed by atoms with E-state index in [9.17, 15) is 4.79 Å². The molecule has 0 radical (unpaired) electrons. The van der Waals surface area contributed by atoms with Crippen LogP contribution in [0, 0.1) is 0 Å². The van der Waals surface area contributed by atoms with Gasteiger partial charge in [-0.2, -0.15) is 0 Å². The van der Waals surface area contributed by atoms with Crippen molar-refractivity contribution < 1.29 is 14.3 Å². The predicted octanol–water partition coefficient (Wildman–Crippen LogP) is 1.15. The SMILES string of the molecule is CCOc1ccccc1CCNC(=O)C1COCCN1.Cl. The fourth-order valence-electron chi connectivity index (χ4n) is 2.18. The average molecular weight is 315 g/mol. The first-order valence-electron chi connectivity index (χ1n) is 7.10. The molecule has 6 heteroatoms. The summed E-state index contributed by atoms with van der Waals surface area (Å²) in [5, 5.41) is 6.07. The molecule has 118 valence electrons. The Balaban J connectivity index is 0.00000220. The van der Waals surface area contributed by atoms with E-state index in [-0.39, 0.29) is 24.4 Å².